The topological polar surface area (TPSA) is 0 Å². The molecule has 3 saturated carbocycles. The van der Waals surface area contributed by atoms with Gasteiger partial charge in [0.25, 0.3) is 0 Å². The maximum Gasteiger partial charge on any atom is 0.0175 e. The molecule has 0 N–H and O–H groups in total. The summed E-state index contributed by atoms with van der Waals surface area (Å²) in [5.74, 6) is 4.49. The summed E-state index contributed by atoms with van der Waals surface area (Å²) in [6.45, 7) is 4.97. The Hall–Kier alpha value is -0.300. The van der Waals surface area contributed by atoms with Crippen molar-refractivity contribution >= 4 is 15.9 Å². The number of rotatable bonds is 1. The summed E-state index contributed by atoms with van der Waals surface area (Å²) in [5, 5.41) is 0. The molecule has 4 rings (SSSR count). The van der Waals surface area contributed by atoms with Crippen LogP contribution in [0.1, 0.15) is 51.0 Å². The second kappa shape index (κ2) is 5.00. The number of benzene rings is 1. The van der Waals surface area contributed by atoms with Gasteiger partial charge in [-0.2, -0.15) is 0 Å². The molecule has 3 aliphatic carbocycles. The average molecular weight is 307 g/mol. The van der Waals surface area contributed by atoms with E-state index in [-0.39, 0.29) is 0 Å². The highest BCUT2D eigenvalue weighted by atomic mass is 79.9. The molecule has 5 atom stereocenters. The molecular weight excluding hydrogens is 284 g/mol. The van der Waals surface area contributed by atoms with Gasteiger partial charge in [0.1, 0.15) is 0 Å². The number of halogens is 1. The summed E-state index contributed by atoms with van der Waals surface area (Å²) in [5.41, 5.74) is 1.57. The first-order valence-electron chi connectivity index (χ1n) is 7.40. The molecule has 0 aliphatic heterocycles. The molecule has 1 heteroatoms. The van der Waals surface area contributed by atoms with Gasteiger partial charge in [-0.1, -0.05) is 48.3 Å². The molecule has 0 spiro atoms. The smallest absolute Gasteiger partial charge is 0.0175 e. The second-order valence-electron chi connectivity index (χ2n) is 6.61. The molecule has 0 radical (unpaired) electrons. The molecule has 98 valence electrons. The molecule has 4 unspecified atom stereocenters. The van der Waals surface area contributed by atoms with Crippen LogP contribution in [0.15, 0.2) is 28.7 Å². The predicted octanol–water partition coefficient (Wildman–Crippen LogP) is 5.62. The van der Waals surface area contributed by atoms with Crippen LogP contribution in [0.3, 0.4) is 0 Å². The molecule has 2 bridgehead atoms. The fourth-order valence-electron chi connectivity index (χ4n) is 4.63. The average Bonchev–Trinajstić information content (AvgIpc) is 2.56. The zero-order valence-corrected chi connectivity index (χ0v) is 13.0. The molecule has 1 aromatic carbocycles. The minimum atomic E-state index is 0.792. The lowest BCUT2D eigenvalue weighted by molar-refractivity contribution is 0.201. The van der Waals surface area contributed by atoms with Crippen molar-refractivity contribution in [3.8, 4) is 0 Å². The van der Waals surface area contributed by atoms with Crippen molar-refractivity contribution in [1.82, 2.24) is 0 Å². The van der Waals surface area contributed by atoms with Gasteiger partial charge in [-0.15, -0.1) is 0 Å². The van der Waals surface area contributed by atoms with Gasteiger partial charge >= 0.3 is 0 Å². The third-order valence-corrected chi connectivity index (χ3v) is 5.91. The number of hydrogen-bond acceptors (Lipinski definition) is 0. The molecule has 0 aromatic heterocycles. The molecule has 3 aliphatic rings. The Labute approximate surface area is 119 Å². The van der Waals surface area contributed by atoms with Gasteiger partial charge in [0, 0.05) is 4.47 Å². The molecular formula is C17H23Br. The van der Waals surface area contributed by atoms with Crippen molar-refractivity contribution < 1.29 is 0 Å². The first-order valence-corrected chi connectivity index (χ1v) is 8.20. The Morgan fingerprint density at radius 1 is 0.944 bits per heavy atom. The summed E-state index contributed by atoms with van der Waals surface area (Å²) < 4.78 is 1.20. The van der Waals surface area contributed by atoms with Crippen LogP contribution in [-0.4, -0.2) is 0 Å². The lowest BCUT2D eigenvalue weighted by Gasteiger charge is -2.35. The Kier molecular flexibility index (Phi) is 3.53. The van der Waals surface area contributed by atoms with Gasteiger partial charge in [0.05, 0.1) is 0 Å². The van der Waals surface area contributed by atoms with E-state index in [0.717, 1.165) is 29.6 Å². The fraction of sp³-hybridized carbons (Fsp3) is 0.647. The van der Waals surface area contributed by atoms with E-state index >= 15 is 0 Å². The summed E-state index contributed by atoms with van der Waals surface area (Å²) in [7, 11) is 0. The zero-order valence-electron chi connectivity index (χ0n) is 11.4. The number of fused-ring (bicyclic) bond motifs is 4. The number of hydrogen-bond donors (Lipinski definition) is 0. The van der Waals surface area contributed by atoms with Crippen LogP contribution < -0.4 is 0 Å². The second-order valence-corrected chi connectivity index (χ2v) is 7.53. The molecule has 0 heterocycles. The van der Waals surface area contributed by atoms with Crippen LogP contribution in [0.4, 0.5) is 0 Å². The highest BCUT2D eigenvalue weighted by Gasteiger charge is 2.40. The van der Waals surface area contributed by atoms with Crippen LogP contribution in [0.25, 0.3) is 0 Å². The van der Waals surface area contributed by atoms with Crippen molar-refractivity contribution in [3.63, 3.8) is 0 Å². The Morgan fingerprint density at radius 2 is 1.61 bits per heavy atom. The van der Waals surface area contributed by atoms with Gasteiger partial charge in [0.15, 0.2) is 0 Å². The van der Waals surface area contributed by atoms with E-state index in [1.54, 1.807) is 5.56 Å². The molecule has 18 heavy (non-hydrogen) atoms. The quantitative estimate of drug-likeness (QED) is 0.631. The van der Waals surface area contributed by atoms with E-state index < -0.39 is 0 Å². The van der Waals surface area contributed by atoms with Crippen molar-refractivity contribution in [2.45, 2.75) is 45.4 Å². The maximum absolute atomic E-state index is 3.55. The van der Waals surface area contributed by atoms with Crippen molar-refractivity contribution in [1.29, 1.82) is 0 Å². The SMILES string of the molecule is CC1CC2CC[C@H](C(C)C2)C1c1ccc(Br)cc1. The van der Waals surface area contributed by atoms with Crippen LogP contribution in [-0.2, 0) is 0 Å². The summed E-state index contributed by atoms with van der Waals surface area (Å²) in [6, 6.07) is 9.11. The van der Waals surface area contributed by atoms with Crippen molar-refractivity contribution in [2.24, 2.45) is 23.7 Å². The minimum Gasteiger partial charge on any atom is -0.0622 e. The lowest BCUT2D eigenvalue weighted by atomic mass is 9.70. The largest absolute Gasteiger partial charge is 0.0622 e. The summed E-state index contributed by atoms with van der Waals surface area (Å²) in [6.07, 6.45) is 5.85. The molecule has 0 amide bonds. The predicted molar refractivity (Wildman–Crippen MR) is 80.7 cm³/mol. The third-order valence-electron chi connectivity index (χ3n) is 5.38. The van der Waals surface area contributed by atoms with Gasteiger partial charge in [-0.05, 0) is 66.5 Å². The van der Waals surface area contributed by atoms with Gasteiger partial charge in [-0.3, -0.25) is 0 Å². The fourth-order valence-corrected chi connectivity index (χ4v) is 4.90. The van der Waals surface area contributed by atoms with Gasteiger partial charge in [0.2, 0.25) is 0 Å². The van der Waals surface area contributed by atoms with Crippen molar-refractivity contribution in [3.05, 3.63) is 34.3 Å². The van der Waals surface area contributed by atoms with Crippen LogP contribution in [0.5, 0.6) is 0 Å². The Balaban J connectivity index is 1.95. The Morgan fingerprint density at radius 3 is 2.28 bits per heavy atom. The maximum atomic E-state index is 3.55. The van der Waals surface area contributed by atoms with Crippen molar-refractivity contribution in [2.75, 3.05) is 0 Å². The van der Waals surface area contributed by atoms with Crippen LogP contribution in [0.2, 0.25) is 0 Å². The van der Waals surface area contributed by atoms with E-state index in [4.69, 9.17) is 0 Å². The first kappa shape index (κ1) is 12.7. The monoisotopic (exact) mass is 306 g/mol. The third kappa shape index (κ3) is 2.27. The van der Waals surface area contributed by atoms with E-state index in [1.807, 2.05) is 0 Å². The van der Waals surface area contributed by atoms with Crippen LogP contribution >= 0.6 is 15.9 Å². The molecule has 0 nitrogen and oxygen atoms in total. The van der Waals surface area contributed by atoms with E-state index in [0.29, 0.717) is 0 Å². The molecule has 0 saturated heterocycles. The van der Waals surface area contributed by atoms with E-state index in [1.165, 1.54) is 30.2 Å². The van der Waals surface area contributed by atoms with Crippen LogP contribution in [0, 0.1) is 23.7 Å². The summed E-state index contributed by atoms with van der Waals surface area (Å²) >= 11 is 3.55. The van der Waals surface area contributed by atoms with E-state index in [9.17, 15) is 0 Å². The minimum absolute atomic E-state index is 0.792. The molecule has 3 fully saturated rings. The summed E-state index contributed by atoms with van der Waals surface area (Å²) in [4.78, 5) is 0. The molecule has 1 aromatic rings. The normalized spacial score (nSPS) is 39.6. The Bertz CT molecular complexity index is 408. The lowest BCUT2D eigenvalue weighted by Crippen LogP contribution is -2.24. The highest BCUT2D eigenvalue weighted by molar-refractivity contribution is 9.10. The van der Waals surface area contributed by atoms with Gasteiger partial charge in [-0.25, -0.2) is 0 Å². The zero-order chi connectivity index (χ0) is 12.7. The van der Waals surface area contributed by atoms with Gasteiger partial charge < -0.3 is 0 Å². The first-order chi connectivity index (χ1) is 8.65. The standard InChI is InChI=1S/C17H23Br/c1-11-9-13-3-8-16(11)17(12(2)10-13)14-4-6-15(18)7-5-14/h4-7,11-13,16-17H,3,8-10H2,1-2H3/t11?,12?,13?,16-,17?/m1/s1. The highest BCUT2D eigenvalue weighted by Crippen LogP contribution is 2.52. The van der Waals surface area contributed by atoms with E-state index in [2.05, 4.69) is 54.0 Å².